The summed E-state index contributed by atoms with van der Waals surface area (Å²) < 4.78 is 5.82. The van der Waals surface area contributed by atoms with Gasteiger partial charge in [-0.05, 0) is 62.5 Å². The molecule has 0 unspecified atom stereocenters. The fourth-order valence-electron chi connectivity index (χ4n) is 3.98. The molecule has 28 heavy (non-hydrogen) atoms. The molecule has 0 bridgehead atoms. The van der Waals surface area contributed by atoms with E-state index in [0.29, 0.717) is 22.9 Å². The molecule has 1 fully saturated rings. The summed E-state index contributed by atoms with van der Waals surface area (Å²) in [5, 5.41) is 6.76. The number of hydrogen-bond donors (Lipinski definition) is 1. The molecular formula is C22H25ClN2O2S. The van der Waals surface area contributed by atoms with Crippen LogP contribution in [0, 0.1) is 6.92 Å². The summed E-state index contributed by atoms with van der Waals surface area (Å²) in [6.45, 7) is 4.65. The number of carbonyl (C=O) groups excluding carboxylic acids is 1. The van der Waals surface area contributed by atoms with Crippen LogP contribution in [0.15, 0.2) is 40.1 Å². The van der Waals surface area contributed by atoms with Gasteiger partial charge in [0.25, 0.3) is 5.91 Å². The maximum atomic E-state index is 12.9. The first-order valence-electron chi connectivity index (χ1n) is 9.88. The number of nitrogens with zero attached hydrogens (tertiary/aromatic N) is 1. The number of likely N-dealkylation sites (tertiary alicyclic amines) is 1. The number of amides is 1. The van der Waals surface area contributed by atoms with Crippen LogP contribution in [0.25, 0.3) is 11.0 Å². The van der Waals surface area contributed by atoms with Crippen LogP contribution in [0.2, 0.25) is 5.02 Å². The SMILES string of the molecule is Cc1c(C(=O)NC[C@@H](c2cccs2)N2CCCCCC2)oc2ccc(Cl)cc12. The maximum absolute atomic E-state index is 12.9. The molecular weight excluding hydrogens is 392 g/mol. The van der Waals surface area contributed by atoms with Crippen molar-refractivity contribution < 1.29 is 9.21 Å². The lowest BCUT2D eigenvalue weighted by atomic mass is 10.1. The highest BCUT2D eigenvalue weighted by Crippen LogP contribution is 2.29. The first-order valence-corrected chi connectivity index (χ1v) is 11.1. The van der Waals surface area contributed by atoms with E-state index in [1.807, 2.05) is 19.1 Å². The van der Waals surface area contributed by atoms with Gasteiger partial charge in [0.05, 0.1) is 6.04 Å². The molecule has 1 aliphatic rings. The van der Waals surface area contributed by atoms with Gasteiger partial charge in [-0.15, -0.1) is 11.3 Å². The minimum atomic E-state index is -0.166. The Morgan fingerprint density at radius 1 is 1.25 bits per heavy atom. The van der Waals surface area contributed by atoms with E-state index in [1.165, 1.54) is 30.6 Å². The normalized spacial score (nSPS) is 16.8. The van der Waals surface area contributed by atoms with Crippen molar-refractivity contribution in [2.45, 2.75) is 38.6 Å². The van der Waals surface area contributed by atoms with Gasteiger partial charge in [-0.1, -0.05) is 30.5 Å². The van der Waals surface area contributed by atoms with Crippen molar-refractivity contribution in [1.29, 1.82) is 0 Å². The highest BCUT2D eigenvalue weighted by atomic mass is 35.5. The van der Waals surface area contributed by atoms with Gasteiger partial charge < -0.3 is 9.73 Å². The molecule has 1 amide bonds. The molecule has 3 aromatic rings. The molecule has 0 saturated carbocycles. The number of furan rings is 1. The standard InChI is InChI=1S/C22H25ClN2O2S/c1-15-17-13-16(23)8-9-19(17)27-21(15)22(26)24-14-18(20-7-6-12-28-20)25-10-4-2-3-5-11-25/h6-9,12-13,18H,2-5,10-11,14H2,1H3,(H,24,26)/t18-/m0/s1. The van der Waals surface area contributed by atoms with Crippen molar-refractivity contribution >= 4 is 39.8 Å². The molecule has 1 aliphatic heterocycles. The summed E-state index contributed by atoms with van der Waals surface area (Å²) in [6, 6.07) is 9.90. The summed E-state index contributed by atoms with van der Waals surface area (Å²) in [4.78, 5) is 16.7. The van der Waals surface area contributed by atoms with Gasteiger partial charge in [0.1, 0.15) is 5.58 Å². The monoisotopic (exact) mass is 416 g/mol. The van der Waals surface area contributed by atoms with E-state index in [0.717, 1.165) is 24.0 Å². The summed E-state index contributed by atoms with van der Waals surface area (Å²) in [6.07, 6.45) is 5.03. The van der Waals surface area contributed by atoms with E-state index in [-0.39, 0.29) is 11.9 Å². The first kappa shape index (κ1) is 19.5. The molecule has 4 rings (SSSR count). The second kappa shape index (κ2) is 8.68. The second-order valence-corrected chi connectivity index (χ2v) is 8.80. The zero-order valence-corrected chi connectivity index (χ0v) is 17.6. The Balaban J connectivity index is 1.52. The Morgan fingerprint density at radius 3 is 2.75 bits per heavy atom. The van der Waals surface area contributed by atoms with Crippen LogP contribution in [0.5, 0.6) is 0 Å². The van der Waals surface area contributed by atoms with E-state index in [4.69, 9.17) is 16.0 Å². The van der Waals surface area contributed by atoms with Crippen LogP contribution in [0.3, 0.4) is 0 Å². The van der Waals surface area contributed by atoms with Crippen LogP contribution in [-0.4, -0.2) is 30.4 Å². The van der Waals surface area contributed by atoms with Crippen molar-refractivity contribution in [2.24, 2.45) is 0 Å². The molecule has 6 heteroatoms. The maximum Gasteiger partial charge on any atom is 0.287 e. The van der Waals surface area contributed by atoms with Crippen molar-refractivity contribution in [3.05, 3.63) is 56.9 Å². The van der Waals surface area contributed by atoms with Gasteiger partial charge in [0.2, 0.25) is 0 Å². The van der Waals surface area contributed by atoms with Crippen LogP contribution in [0.4, 0.5) is 0 Å². The van der Waals surface area contributed by atoms with E-state index in [9.17, 15) is 4.79 Å². The van der Waals surface area contributed by atoms with E-state index in [1.54, 1.807) is 17.4 Å². The third-order valence-electron chi connectivity index (χ3n) is 5.51. The van der Waals surface area contributed by atoms with E-state index in [2.05, 4.69) is 27.7 Å². The Bertz CT molecular complexity index is 943. The number of benzene rings is 1. The Labute approximate surface area is 174 Å². The number of rotatable bonds is 5. The van der Waals surface area contributed by atoms with Gasteiger partial charge in [0.15, 0.2) is 5.76 Å². The van der Waals surface area contributed by atoms with Gasteiger partial charge in [-0.3, -0.25) is 9.69 Å². The average molecular weight is 417 g/mol. The summed E-state index contributed by atoms with van der Waals surface area (Å²) in [5.41, 5.74) is 1.52. The lowest BCUT2D eigenvalue weighted by molar-refractivity contribution is 0.0907. The molecule has 0 radical (unpaired) electrons. The van der Waals surface area contributed by atoms with Gasteiger partial charge in [-0.25, -0.2) is 0 Å². The number of hydrogen-bond acceptors (Lipinski definition) is 4. The van der Waals surface area contributed by atoms with Crippen LogP contribution in [-0.2, 0) is 0 Å². The first-order chi connectivity index (χ1) is 13.6. The van der Waals surface area contributed by atoms with Crippen molar-refractivity contribution in [2.75, 3.05) is 19.6 Å². The zero-order chi connectivity index (χ0) is 19.5. The molecule has 1 N–H and O–H groups in total. The molecule has 4 nitrogen and oxygen atoms in total. The highest BCUT2D eigenvalue weighted by Gasteiger charge is 2.24. The van der Waals surface area contributed by atoms with Gasteiger partial charge >= 0.3 is 0 Å². The van der Waals surface area contributed by atoms with Crippen LogP contribution >= 0.6 is 22.9 Å². The minimum absolute atomic E-state index is 0.166. The Morgan fingerprint density at radius 2 is 2.04 bits per heavy atom. The lowest BCUT2D eigenvalue weighted by Crippen LogP contribution is -2.38. The third-order valence-corrected chi connectivity index (χ3v) is 6.72. The number of carbonyl (C=O) groups is 1. The number of aryl methyl sites for hydroxylation is 1. The topological polar surface area (TPSA) is 45.5 Å². The Kier molecular flexibility index (Phi) is 6.04. The molecule has 2 aromatic heterocycles. The van der Waals surface area contributed by atoms with Crippen molar-refractivity contribution in [3.8, 4) is 0 Å². The predicted octanol–water partition coefficient (Wildman–Crippen LogP) is 5.80. The van der Waals surface area contributed by atoms with Gasteiger partial charge in [-0.2, -0.15) is 0 Å². The smallest absolute Gasteiger partial charge is 0.287 e. The molecule has 0 spiro atoms. The molecule has 0 aliphatic carbocycles. The third kappa shape index (κ3) is 4.12. The summed E-state index contributed by atoms with van der Waals surface area (Å²) in [7, 11) is 0. The zero-order valence-electron chi connectivity index (χ0n) is 16.0. The summed E-state index contributed by atoms with van der Waals surface area (Å²) >= 11 is 7.85. The van der Waals surface area contributed by atoms with Crippen molar-refractivity contribution in [3.63, 3.8) is 0 Å². The number of nitrogens with one attached hydrogen (secondary N) is 1. The largest absolute Gasteiger partial charge is 0.451 e. The molecule has 3 heterocycles. The van der Waals surface area contributed by atoms with E-state index >= 15 is 0 Å². The Hall–Kier alpha value is -1.82. The minimum Gasteiger partial charge on any atom is -0.451 e. The highest BCUT2D eigenvalue weighted by molar-refractivity contribution is 7.10. The number of fused-ring (bicyclic) bond motifs is 1. The van der Waals surface area contributed by atoms with E-state index < -0.39 is 0 Å². The fraction of sp³-hybridized carbons (Fsp3) is 0.409. The van der Waals surface area contributed by atoms with Crippen LogP contribution < -0.4 is 5.32 Å². The fourth-order valence-corrected chi connectivity index (χ4v) is 5.01. The van der Waals surface area contributed by atoms with Gasteiger partial charge in [0, 0.05) is 27.4 Å². The number of halogens is 1. The molecule has 1 aromatic carbocycles. The lowest BCUT2D eigenvalue weighted by Gasteiger charge is -2.30. The van der Waals surface area contributed by atoms with Crippen molar-refractivity contribution in [1.82, 2.24) is 10.2 Å². The second-order valence-electron chi connectivity index (χ2n) is 7.39. The van der Waals surface area contributed by atoms with Crippen LogP contribution in [0.1, 0.15) is 52.7 Å². The quantitative estimate of drug-likeness (QED) is 0.571. The average Bonchev–Trinajstić information content (AvgIpc) is 3.23. The summed E-state index contributed by atoms with van der Waals surface area (Å²) in [5.74, 6) is 0.208. The molecule has 148 valence electrons. The predicted molar refractivity (Wildman–Crippen MR) is 115 cm³/mol. The molecule has 1 saturated heterocycles. The molecule has 1 atom stereocenters. The number of thiophene rings is 1.